The molecule has 0 fully saturated rings. The first-order chi connectivity index (χ1) is 17.8. The Labute approximate surface area is 223 Å². The van der Waals surface area contributed by atoms with Crippen LogP contribution in [0.25, 0.3) is 0 Å². The van der Waals surface area contributed by atoms with E-state index in [9.17, 15) is 31.2 Å². The van der Waals surface area contributed by atoms with E-state index in [2.05, 4.69) is 5.32 Å². The molecule has 2 aromatic carbocycles. The van der Waals surface area contributed by atoms with Gasteiger partial charge in [-0.2, -0.15) is 13.2 Å². The average molecular weight is 556 g/mol. The topological polar surface area (TPSA) is 86.8 Å². The number of hydrogen-bond acceptors (Lipinski definition) is 4. The number of rotatable bonds is 14. The van der Waals surface area contributed by atoms with Crippen LogP contribution in [0.4, 0.5) is 18.9 Å². The fourth-order valence-corrected chi connectivity index (χ4v) is 4.90. The maximum atomic E-state index is 13.2. The Morgan fingerprint density at radius 2 is 1.68 bits per heavy atom. The van der Waals surface area contributed by atoms with Crippen molar-refractivity contribution >= 4 is 27.5 Å². The number of benzene rings is 2. The van der Waals surface area contributed by atoms with Gasteiger partial charge in [0, 0.05) is 26.1 Å². The van der Waals surface area contributed by atoms with Gasteiger partial charge in [-0.15, -0.1) is 0 Å². The number of carbonyl (C=O) groups is 2. The van der Waals surface area contributed by atoms with Crippen LogP contribution in [0.1, 0.15) is 50.7 Å². The molecular formula is C27H36F3N3O4S. The monoisotopic (exact) mass is 555 g/mol. The van der Waals surface area contributed by atoms with Crippen molar-refractivity contribution in [1.29, 1.82) is 0 Å². The van der Waals surface area contributed by atoms with Gasteiger partial charge in [-0.3, -0.25) is 13.9 Å². The molecule has 0 heterocycles. The zero-order chi connectivity index (χ0) is 28.3. The van der Waals surface area contributed by atoms with Gasteiger partial charge in [-0.05, 0) is 49.9 Å². The zero-order valence-electron chi connectivity index (χ0n) is 22.0. The number of nitrogens with one attached hydrogen (secondary N) is 1. The molecule has 0 spiro atoms. The average Bonchev–Trinajstić information content (AvgIpc) is 2.86. The molecule has 0 aromatic heterocycles. The van der Waals surface area contributed by atoms with Gasteiger partial charge in [-0.25, -0.2) is 8.42 Å². The molecule has 0 aliphatic rings. The molecule has 0 bridgehead atoms. The Kier molecular flexibility index (Phi) is 11.6. The molecule has 0 radical (unpaired) electrons. The molecule has 1 N–H and O–H groups in total. The fraction of sp³-hybridized carbons (Fsp3) is 0.481. The first-order valence-electron chi connectivity index (χ1n) is 12.6. The normalized spacial score (nSPS) is 12.6. The van der Waals surface area contributed by atoms with Crippen LogP contribution in [0.15, 0.2) is 54.6 Å². The first kappa shape index (κ1) is 31.1. The molecule has 0 unspecified atom stereocenters. The third-order valence-electron chi connectivity index (χ3n) is 6.09. The molecule has 2 aromatic rings. The third kappa shape index (κ3) is 9.66. The fourth-order valence-electron chi connectivity index (χ4n) is 3.95. The largest absolute Gasteiger partial charge is 0.416 e. The van der Waals surface area contributed by atoms with Crippen LogP contribution in [0, 0.1) is 0 Å². The van der Waals surface area contributed by atoms with Gasteiger partial charge in [-0.1, -0.05) is 49.7 Å². The van der Waals surface area contributed by atoms with Crippen molar-refractivity contribution in [3.8, 4) is 0 Å². The third-order valence-corrected chi connectivity index (χ3v) is 7.29. The van der Waals surface area contributed by atoms with Gasteiger partial charge in [0.1, 0.15) is 6.04 Å². The molecule has 7 nitrogen and oxygen atoms in total. The van der Waals surface area contributed by atoms with Crippen LogP contribution in [0.2, 0.25) is 0 Å². The highest BCUT2D eigenvalue weighted by Crippen LogP contribution is 2.32. The van der Waals surface area contributed by atoms with Crippen LogP contribution in [0.5, 0.6) is 0 Å². The number of amides is 2. The SMILES string of the molecule is CCCCNC(=O)[C@H](C)N(CCc1ccccc1)C(=O)CCCN(c1cccc(C(F)(F)F)c1)S(C)(=O)=O. The summed E-state index contributed by atoms with van der Waals surface area (Å²) in [6.07, 6.45) is -1.48. The van der Waals surface area contributed by atoms with Gasteiger partial charge in [0.05, 0.1) is 17.5 Å². The van der Waals surface area contributed by atoms with Crippen LogP contribution < -0.4 is 9.62 Å². The molecule has 2 amide bonds. The molecule has 210 valence electrons. The van der Waals surface area contributed by atoms with Crippen molar-refractivity contribution in [1.82, 2.24) is 10.2 Å². The highest BCUT2D eigenvalue weighted by Gasteiger charge is 2.32. The maximum Gasteiger partial charge on any atom is 0.416 e. The standard InChI is InChI=1S/C27H36F3N3O4S/c1-4-5-17-31-26(35)21(2)32(19-16-22-11-7-6-8-12-22)25(34)15-10-18-33(38(3,36)37)24-14-9-13-23(20-24)27(28,29)30/h6-9,11-14,20-21H,4-5,10,15-19H2,1-3H3,(H,31,35)/t21-/m0/s1. The Balaban J connectivity index is 2.14. The van der Waals surface area contributed by atoms with E-state index in [1.165, 1.54) is 11.0 Å². The number of alkyl halides is 3. The van der Waals surface area contributed by atoms with Crippen molar-refractivity contribution in [2.75, 3.05) is 30.2 Å². The number of nitrogens with zero attached hydrogens (tertiary/aromatic N) is 2. The van der Waals surface area contributed by atoms with E-state index in [1.54, 1.807) is 6.92 Å². The lowest BCUT2D eigenvalue weighted by Crippen LogP contribution is -2.49. The Bertz CT molecular complexity index is 1160. The summed E-state index contributed by atoms with van der Waals surface area (Å²) in [6.45, 7) is 4.25. The molecular weight excluding hydrogens is 519 g/mol. The number of anilines is 1. The van der Waals surface area contributed by atoms with Crippen LogP contribution >= 0.6 is 0 Å². The lowest BCUT2D eigenvalue weighted by molar-refractivity contribution is -0.140. The van der Waals surface area contributed by atoms with Crippen LogP contribution in [-0.4, -0.2) is 57.1 Å². The molecule has 0 aliphatic carbocycles. The van der Waals surface area contributed by atoms with Crippen molar-refractivity contribution in [2.45, 2.75) is 58.2 Å². The first-order valence-corrected chi connectivity index (χ1v) is 14.5. The van der Waals surface area contributed by atoms with Crippen molar-refractivity contribution < 1.29 is 31.2 Å². The molecule has 0 saturated carbocycles. The molecule has 38 heavy (non-hydrogen) atoms. The number of hydrogen-bond donors (Lipinski definition) is 1. The summed E-state index contributed by atoms with van der Waals surface area (Å²) in [5, 5.41) is 2.84. The van der Waals surface area contributed by atoms with Gasteiger partial charge >= 0.3 is 6.18 Å². The van der Waals surface area contributed by atoms with Crippen LogP contribution in [-0.2, 0) is 32.2 Å². The summed E-state index contributed by atoms with van der Waals surface area (Å²) in [6, 6.07) is 12.8. The number of sulfonamides is 1. The molecule has 11 heteroatoms. The quantitative estimate of drug-likeness (QED) is 0.345. The highest BCUT2D eigenvalue weighted by molar-refractivity contribution is 7.92. The maximum absolute atomic E-state index is 13.2. The summed E-state index contributed by atoms with van der Waals surface area (Å²) in [5.74, 6) is -0.613. The van der Waals surface area contributed by atoms with E-state index in [4.69, 9.17) is 0 Å². The Morgan fingerprint density at radius 1 is 1.00 bits per heavy atom. The van der Waals surface area contributed by atoms with Gasteiger partial charge in [0.2, 0.25) is 21.8 Å². The van der Waals surface area contributed by atoms with E-state index in [1.807, 2.05) is 37.3 Å². The number of carbonyl (C=O) groups excluding carboxylic acids is 2. The number of unbranched alkanes of at least 4 members (excludes halogenated alkanes) is 1. The predicted octanol–water partition coefficient (Wildman–Crippen LogP) is 4.63. The molecule has 0 saturated heterocycles. The smallest absolute Gasteiger partial charge is 0.354 e. The molecule has 0 aliphatic heterocycles. The minimum atomic E-state index is -4.62. The van der Waals surface area contributed by atoms with Crippen molar-refractivity contribution in [2.24, 2.45) is 0 Å². The van der Waals surface area contributed by atoms with Crippen molar-refractivity contribution in [3.63, 3.8) is 0 Å². The van der Waals surface area contributed by atoms with E-state index in [0.717, 1.165) is 47.2 Å². The van der Waals surface area contributed by atoms with E-state index < -0.39 is 27.8 Å². The van der Waals surface area contributed by atoms with Gasteiger partial charge in [0.25, 0.3) is 0 Å². The zero-order valence-corrected chi connectivity index (χ0v) is 22.8. The van der Waals surface area contributed by atoms with Crippen LogP contribution in [0.3, 0.4) is 0 Å². The lowest BCUT2D eigenvalue weighted by Gasteiger charge is -2.29. The summed E-state index contributed by atoms with van der Waals surface area (Å²) in [4.78, 5) is 27.4. The second-order valence-electron chi connectivity index (χ2n) is 9.13. The molecule has 2 rings (SSSR count). The van der Waals surface area contributed by atoms with Crippen molar-refractivity contribution in [3.05, 3.63) is 65.7 Å². The summed E-state index contributed by atoms with van der Waals surface area (Å²) in [5.41, 5.74) is -0.0919. The lowest BCUT2D eigenvalue weighted by atomic mass is 10.1. The minimum Gasteiger partial charge on any atom is -0.354 e. The minimum absolute atomic E-state index is 0.0637. The van der Waals surface area contributed by atoms with E-state index >= 15 is 0 Å². The van der Waals surface area contributed by atoms with Gasteiger partial charge < -0.3 is 10.2 Å². The van der Waals surface area contributed by atoms with E-state index in [0.29, 0.717) is 13.0 Å². The van der Waals surface area contributed by atoms with E-state index in [-0.39, 0.29) is 43.4 Å². The summed E-state index contributed by atoms with van der Waals surface area (Å²) < 4.78 is 65.1. The summed E-state index contributed by atoms with van der Waals surface area (Å²) >= 11 is 0. The highest BCUT2D eigenvalue weighted by atomic mass is 32.2. The summed E-state index contributed by atoms with van der Waals surface area (Å²) in [7, 11) is -3.91. The molecule has 1 atom stereocenters. The predicted molar refractivity (Wildman–Crippen MR) is 142 cm³/mol. The number of halogens is 3. The second kappa shape index (κ2) is 14.2. The Hall–Kier alpha value is -3.08. The second-order valence-corrected chi connectivity index (χ2v) is 11.0. The Morgan fingerprint density at radius 3 is 2.29 bits per heavy atom. The van der Waals surface area contributed by atoms with Gasteiger partial charge in [0.15, 0.2) is 0 Å².